The number of halogens is 3. The largest absolute Gasteiger partial charge is 0.455 e. The van der Waals surface area contributed by atoms with Crippen molar-refractivity contribution in [1.29, 1.82) is 0 Å². The van der Waals surface area contributed by atoms with Crippen molar-refractivity contribution in [2.75, 3.05) is 16.4 Å². The molecule has 2 amide bonds. The van der Waals surface area contributed by atoms with E-state index in [-0.39, 0.29) is 22.7 Å². The Morgan fingerprint density at radius 3 is 2.14 bits per heavy atom. The average Bonchev–Trinajstić information content (AvgIpc) is 2.74. The number of nitrogens with two attached hydrogens (primary N) is 1. The number of ether oxygens (including phenoxy) is 2. The van der Waals surface area contributed by atoms with Crippen LogP contribution in [0.2, 0.25) is 0 Å². The minimum atomic E-state index is -4.52. The molecular weight excluding hydrogens is 463 g/mol. The van der Waals surface area contributed by atoms with Crippen LogP contribution in [0.1, 0.15) is 36.7 Å². The van der Waals surface area contributed by atoms with E-state index in [4.69, 9.17) is 15.2 Å². The van der Waals surface area contributed by atoms with Gasteiger partial charge in [0.2, 0.25) is 0 Å². The normalized spacial score (nSPS) is 11.5. The summed E-state index contributed by atoms with van der Waals surface area (Å²) in [5, 5.41) is 5.03. The lowest BCUT2D eigenvalue weighted by atomic mass is 10.1. The summed E-state index contributed by atoms with van der Waals surface area (Å²) in [5.74, 6) is 0.0706. The molecule has 4 N–H and O–H groups in total. The highest BCUT2D eigenvalue weighted by atomic mass is 19.4. The molecule has 0 aromatic heterocycles. The Morgan fingerprint density at radius 2 is 1.54 bits per heavy atom. The first-order chi connectivity index (χ1) is 16.3. The lowest BCUT2D eigenvalue weighted by molar-refractivity contribution is -0.137. The highest BCUT2D eigenvalue weighted by molar-refractivity contribution is 6.05. The van der Waals surface area contributed by atoms with E-state index in [9.17, 15) is 22.8 Å². The maximum Gasteiger partial charge on any atom is 0.416 e. The summed E-state index contributed by atoms with van der Waals surface area (Å²) in [6, 6.07) is 15.1. The molecule has 0 unspecified atom stereocenters. The van der Waals surface area contributed by atoms with Crippen LogP contribution >= 0.6 is 0 Å². The van der Waals surface area contributed by atoms with Crippen molar-refractivity contribution >= 4 is 29.1 Å². The molecular formula is C25H24F3N3O4. The third-order valence-electron chi connectivity index (χ3n) is 4.45. The quantitative estimate of drug-likeness (QED) is 0.349. The molecule has 0 radical (unpaired) electrons. The fourth-order valence-electron chi connectivity index (χ4n) is 2.91. The fourth-order valence-corrected chi connectivity index (χ4v) is 2.91. The lowest BCUT2D eigenvalue weighted by Crippen LogP contribution is -2.27. The molecule has 0 aliphatic carbocycles. The number of amides is 2. The van der Waals surface area contributed by atoms with Crippen LogP contribution in [-0.2, 0) is 10.9 Å². The zero-order valence-electron chi connectivity index (χ0n) is 19.2. The van der Waals surface area contributed by atoms with Gasteiger partial charge in [0.1, 0.15) is 17.1 Å². The summed E-state index contributed by atoms with van der Waals surface area (Å²) in [7, 11) is 0. The molecule has 0 aliphatic rings. The van der Waals surface area contributed by atoms with Gasteiger partial charge in [0.25, 0.3) is 5.91 Å². The number of benzene rings is 3. The maximum atomic E-state index is 12.9. The van der Waals surface area contributed by atoms with Crippen molar-refractivity contribution in [1.82, 2.24) is 0 Å². The van der Waals surface area contributed by atoms with Gasteiger partial charge >= 0.3 is 12.3 Å². The number of carbonyl (C=O) groups excluding carboxylic acids is 2. The second kappa shape index (κ2) is 9.96. The van der Waals surface area contributed by atoms with Crippen molar-refractivity contribution in [2.24, 2.45) is 0 Å². The van der Waals surface area contributed by atoms with Crippen molar-refractivity contribution in [3.8, 4) is 11.5 Å². The number of hydrogen-bond acceptors (Lipinski definition) is 5. The van der Waals surface area contributed by atoms with Gasteiger partial charge in [0.15, 0.2) is 0 Å². The minimum absolute atomic E-state index is 0.00352. The Bertz CT molecular complexity index is 1220. The first-order valence-corrected chi connectivity index (χ1v) is 10.5. The molecule has 0 saturated carbocycles. The van der Waals surface area contributed by atoms with Crippen molar-refractivity contribution in [3.63, 3.8) is 0 Å². The molecule has 3 rings (SSSR count). The second-order valence-electron chi connectivity index (χ2n) is 8.54. The van der Waals surface area contributed by atoms with Crippen LogP contribution in [0.4, 0.5) is 35.0 Å². The molecule has 35 heavy (non-hydrogen) atoms. The second-order valence-corrected chi connectivity index (χ2v) is 8.54. The van der Waals surface area contributed by atoms with Gasteiger partial charge in [-0.25, -0.2) is 4.79 Å². The minimum Gasteiger partial charge on any atom is -0.455 e. The Balaban J connectivity index is 1.64. The molecule has 0 heterocycles. The maximum absolute atomic E-state index is 12.9. The van der Waals surface area contributed by atoms with Crippen LogP contribution in [-0.4, -0.2) is 17.6 Å². The van der Waals surface area contributed by atoms with Gasteiger partial charge in [0, 0.05) is 16.9 Å². The van der Waals surface area contributed by atoms with E-state index >= 15 is 0 Å². The Hall–Kier alpha value is -4.21. The van der Waals surface area contributed by atoms with Gasteiger partial charge in [-0.1, -0.05) is 6.07 Å². The summed E-state index contributed by atoms with van der Waals surface area (Å²) in [6.07, 6.45) is -5.11. The van der Waals surface area contributed by atoms with E-state index < -0.39 is 29.3 Å². The van der Waals surface area contributed by atoms with Gasteiger partial charge < -0.3 is 20.5 Å². The molecule has 0 spiro atoms. The molecule has 3 aromatic carbocycles. The topological polar surface area (TPSA) is 103 Å². The predicted octanol–water partition coefficient (Wildman–Crippen LogP) is 6.68. The summed E-state index contributed by atoms with van der Waals surface area (Å²) in [6.45, 7) is 5.27. The molecule has 184 valence electrons. The number of carbonyl (C=O) groups is 2. The third kappa shape index (κ3) is 7.39. The van der Waals surface area contributed by atoms with Gasteiger partial charge in [0.05, 0.1) is 11.3 Å². The van der Waals surface area contributed by atoms with Crippen LogP contribution in [0.15, 0.2) is 66.7 Å². The Kier molecular flexibility index (Phi) is 7.23. The van der Waals surface area contributed by atoms with E-state index in [2.05, 4.69) is 10.6 Å². The molecule has 10 heteroatoms. The molecule has 0 saturated heterocycles. The highest BCUT2D eigenvalue weighted by Gasteiger charge is 2.30. The standard InChI is InChI=1S/C25H24F3N3O4/c1-24(2,3)35-23(33)31-17-8-10-19(11-9-17)34-21-12-7-15(13-20(21)29)22(32)30-18-6-4-5-16(14-18)25(26,27)28/h4-14H,29H2,1-3H3,(H,30,32)(H,31,33). The van der Waals surface area contributed by atoms with Crippen molar-refractivity contribution in [2.45, 2.75) is 32.5 Å². The van der Waals surface area contributed by atoms with E-state index in [1.54, 1.807) is 45.0 Å². The summed E-state index contributed by atoms with van der Waals surface area (Å²) in [5.41, 5.74) is 5.31. The zero-order valence-corrected chi connectivity index (χ0v) is 19.2. The average molecular weight is 487 g/mol. The smallest absolute Gasteiger partial charge is 0.416 e. The number of rotatable bonds is 5. The summed E-state index contributed by atoms with van der Waals surface area (Å²) in [4.78, 5) is 24.3. The van der Waals surface area contributed by atoms with Crippen LogP contribution in [0, 0.1) is 0 Å². The summed E-state index contributed by atoms with van der Waals surface area (Å²) < 4.78 is 49.5. The summed E-state index contributed by atoms with van der Waals surface area (Å²) >= 11 is 0. The SMILES string of the molecule is CC(C)(C)OC(=O)Nc1ccc(Oc2ccc(C(=O)Nc3cccc(C(F)(F)F)c3)cc2N)cc1. The van der Waals surface area contributed by atoms with E-state index in [0.717, 1.165) is 12.1 Å². The first kappa shape index (κ1) is 25.4. The van der Waals surface area contributed by atoms with Crippen LogP contribution in [0.3, 0.4) is 0 Å². The molecule has 0 aliphatic heterocycles. The van der Waals surface area contributed by atoms with E-state index in [0.29, 0.717) is 11.4 Å². The molecule has 0 bridgehead atoms. The Morgan fingerprint density at radius 1 is 0.857 bits per heavy atom. The zero-order chi connectivity index (χ0) is 25.8. The number of anilines is 3. The van der Waals surface area contributed by atoms with Crippen LogP contribution in [0.25, 0.3) is 0 Å². The van der Waals surface area contributed by atoms with Crippen molar-refractivity contribution < 1.29 is 32.2 Å². The van der Waals surface area contributed by atoms with Crippen LogP contribution < -0.4 is 21.1 Å². The monoisotopic (exact) mass is 487 g/mol. The number of nitrogen functional groups attached to an aromatic ring is 1. The molecule has 0 fully saturated rings. The highest BCUT2D eigenvalue weighted by Crippen LogP contribution is 2.32. The number of alkyl halides is 3. The lowest BCUT2D eigenvalue weighted by Gasteiger charge is -2.19. The fraction of sp³-hybridized carbons (Fsp3) is 0.200. The van der Waals surface area contributed by atoms with Gasteiger partial charge in [-0.2, -0.15) is 13.2 Å². The van der Waals surface area contributed by atoms with Gasteiger partial charge in [-0.15, -0.1) is 0 Å². The van der Waals surface area contributed by atoms with Crippen LogP contribution in [0.5, 0.6) is 11.5 Å². The molecule has 7 nitrogen and oxygen atoms in total. The van der Waals surface area contributed by atoms with E-state index in [1.165, 1.54) is 30.3 Å². The third-order valence-corrected chi connectivity index (χ3v) is 4.45. The van der Waals surface area contributed by atoms with Gasteiger partial charge in [-0.3, -0.25) is 10.1 Å². The number of nitrogens with one attached hydrogen (secondary N) is 2. The Labute approximate surface area is 200 Å². The first-order valence-electron chi connectivity index (χ1n) is 10.5. The predicted molar refractivity (Wildman–Crippen MR) is 127 cm³/mol. The molecule has 0 atom stereocenters. The van der Waals surface area contributed by atoms with E-state index in [1.807, 2.05) is 0 Å². The van der Waals surface area contributed by atoms with Gasteiger partial charge in [-0.05, 0) is 81.4 Å². The van der Waals surface area contributed by atoms with Crippen molar-refractivity contribution in [3.05, 3.63) is 77.9 Å². The number of hydrogen-bond donors (Lipinski definition) is 3. The molecule has 3 aromatic rings.